The fourth-order valence-corrected chi connectivity index (χ4v) is 3.84. The number of hydrogen-bond acceptors (Lipinski definition) is 3. The van der Waals surface area contributed by atoms with E-state index in [1.807, 2.05) is 33.8 Å². The molecule has 1 aliphatic heterocycles. The number of likely N-dealkylation sites (tertiary alicyclic amines) is 1. The number of carbonyl (C=O) groups is 2. The Balaban J connectivity index is 2.35. The summed E-state index contributed by atoms with van der Waals surface area (Å²) in [6, 6.07) is 0. The van der Waals surface area contributed by atoms with Gasteiger partial charge in [-0.2, -0.15) is 0 Å². The molecule has 2 rings (SSSR count). The van der Waals surface area contributed by atoms with E-state index in [1.54, 1.807) is 0 Å². The second-order valence-electron chi connectivity index (χ2n) is 7.04. The number of amides is 2. The summed E-state index contributed by atoms with van der Waals surface area (Å²) in [4.78, 5) is 26.4. The first kappa shape index (κ1) is 15.1. The van der Waals surface area contributed by atoms with Crippen molar-refractivity contribution in [3.63, 3.8) is 0 Å². The van der Waals surface area contributed by atoms with E-state index in [1.165, 1.54) is 4.90 Å². The molecule has 4 heteroatoms. The highest BCUT2D eigenvalue weighted by Crippen LogP contribution is 2.52. The first-order chi connectivity index (χ1) is 9.23. The Bertz CT molecular complexity index is 437. The van der Waals surface area contributed by atoms with Crippen LogP contribution in [0.1, 0.15) is 53.4 Å². The van der Waals surface area contributed by atoms with Crippen LogP contribution in [0.3, 0.4) is 0 Å². The molecule has 112 valence electrons. The van der Waals surface area contributed by atoms with E-state index in [0.29, 0.717) is 6.42 Å². The normalized spacial score (nSPS) is 33.2. The van der Waals surface area contributed by atoms with E-state index in [-0.39, 0.29) is 17.7 Å². The van der Waals surface area contributed by atoms with Crippen molar-refractivity contribution in [2.75, 3.05) is 0 Å². The molecule has 1 saturated carbocycles. The number of imide groups is 1. The molecule has 3 atom stereocenters. The highest BCUT2D eigenvalue weighted by molar-refractivity contribution is 5.97. The second kappa shape index (κ2) is 4.90. The Morgan fingerprint density at radius 3 is 2.75 bits per heavy atom. The molecule has 0 aromatic rings. The molecule has 0 spiro atoms. The van der Waals surface area contributed by atoms with Gasteiger partial charge in [-0.05, 0) is 46.0 Å². The van der Waals surface area contributed by atoms with Crippen LogP contribution >= 0.6 is 0 Å². The summed E-state index contributed by atoms with van der Waals surface area (Å²) in [6.45, 7) is 11.2. The van der Waals surface area contributed by atoms with Crippen LogP contribution in [0.5, 0.6) is 0 Å². The predicted octanol–water partition coefficient (Wildman–Crippen LogP) is 3.51. The van der Waals surface area contributed by atoms with Crippen molar-refractivity contribution in [1.82, 2.24) is 4.90 Å². The van der Waals surface area contributed by atoms with E-state index < -0.39 is 17.2 Å². The Kier molecular flexibility index (Phi) is 3.69. The summed E-state index contributed by atoms with van der Waals surface area (Å²) in [5, 5.41) is 0. The summed E-state index contributed by atoms with van der Waals surface area (Å²) in [5.41, 5.74) is -0.993. The molecule has 0 N–H and O–H groups in total. The average Bonchev–Trinajstić information content (AvgIpc) is 2.77. The zero-order chi connectivity index (χ0) is 15.1. The van der Waals surface area contributed by atoms with Crippen LogP contribution in [-0.4, -0.2) is 28.0 Å². The van der Waals surface area contributed by atoms with Crippen molar-refractivity contribution < 1.29 is 14.3 Å². The van der Waals surface area contributed by atoms with E-state index >= 15 is 0 Å². The highest BCUT2D eigenvalue weighted by Gasteiger charge is 2.61. The number of carbonyl (C=O) groups excluding carboxylic acids is 2. The summed E-state index contributed by atoms with van der Waals surface area (Å²) in [6.07, 6.45) is 4.89. The SMILES string of the molecule is C=CC[C@@]12CCCC1[C@@H](C)C(=O)N2C(=O)OC(C)(C)C. The molecular formula is C16H25NO3. The maximum absolute atomic E-state index is 12.5. The third kappa shape index (κ3) is 2.25. The molecule has 2 amide bonds. The van der Waals surface area contributed by atoms with Crippen LogP contribution < -0.4 is 0 Å². The molecule has 1 heterocycles. The minimum atomic E-state index is -0.591. The van der Waals surface area contributed by atoms with Gasteiger partial charge in [0.1, 0.15) is 5.60 Å². The Hall–Kier alpha value is -1.32. The lowest BCUT2D eigenvalue weighted by molar-refractivity contribution is -0.132. The van der Waals surface area contributed by atoms with Gasteiger partial charge in [0.05, 0.1) is 5.54 Å². The first-order valence-electron chi connectivity index (χ1n) is 7.41. The van der Waals surface area contributed by atoms with Gasteiger partial charge in [0.25, 0.3) is 0 Å². The zero-order valence-corrected chi connectivity index (χ0v) is 12.9. The smallest absolute Gasteiger partial charge is 0.417 e. The fourth-order valence-electron chi connectivity index (χ4n) is 3.84. The summed E-state index contributed by atoms with van der Waals surface area (Å²) < 4.78 is 5.45. The Labute approximate surface area is 121 Å². The van der Waals surface area contributed by atoms with Gasteiger partial charge in [-0.15, -0.1) is 6.58 Å². The largest absolute Gasteiger partial charge is 0.443 e. The second-order valence-corrected chi connectivity index (χ2v) is 7.04. The molecule has 0 bridgehead atoms. The minimum Gasteiger partial charge on any atom is -0.443 e. The average molecular weight is 279 g/mol. The van der Waals surface area contributed by atoms with Gasteiger partial charge in [-0.25, -0.2) is 9.69 Å². The maximum Gasteiger partial charge on any atom is 0.417 e. The number of ether oxygens (including phenoxy) is 1. The van der Waals surface area contributed by atoms with Gasteiger partial charge in [0, 0.05) is 5.92 Å². The molecule has 20 heavy (non-hydrogen) atoms. The molecule has 2 aliphatic rings. The lowest BCUT2D eigenvalue weighted by Crippen LogP contribution is -2.51. The Morgan fingerprint density at radius 2 is 2.20 bits per heavy atom. The topological polar surface area (TPSA) is 46.6 Å². The molecule has 0 aromatic carbocycles. The van der Waals surface area contributed by atoms with Gasteiger partial charge >= 0.3 is 6.09 Å². The first-order valence-corrected chi connectivity index (χ1v) is 7.41. The van der Waals surface area contributed by atoms with Crippen molar-refractivity contribution in [2.45, 2.75) is 64.5 Å². The molecular weight excluding hydrogens is 254 g/mol. The van der Waals surface area contributed by atoms with Crippen LogP contribution in [0, 0.1) is 11.8 Å². The standard InChI is InChI=1S/C16H25NO3/c1-6-9-16-10-7-8-12(16)11(2)13(18)17(16)14(19)20-15(3,4)5/h6,11-12H,1,7-10H2,2-5H3/t11-,12?,16-/m1/s1. The van der Waals surface area contributed by atoms with Gasteiger partial charge in [-0.1, -0.05) is 19.4 Å². The quantitative estimate of drug-likeness (QED) is 0.727. The van der Waals surface area contributed by atoms with Gasteiger partial charge in [-0.3, -0.25) is 4.79 Å². The summed E-state index contributed by atoms with van der Waals surface area (Å²) in [7, 11) is 0. The van der Waals surface area contributed by atoms with Gasteiger partial charge < -0.3 is 4.74 Å². The molecule has 4 nitrogen and oxygen atoms in total. The van der Waals surface area contributed by atoms with E-state index in [2.05, 4.69) is 6.58 Å². The molecule has 0 radical (unpaired) electrons. The number of nitrogens with zero attached hydrogens (tertiary/aromatic N) is 1. The molecule has 2 fully saturated rings. The van der Waals surface area contributed by atoms with Crippen molar-refractivity contribution in [3.8, 4) is 0 Å². The summed E-state index contributed by atoms with van der Waals surface area (Å²) >= 11 is 0. The predicted molar refractivity (Wildman–Crippen MR) is 77.1 cm³/mol. The van der Waals surface area contributed by atoms with Gasteiger partial charge in [0.2, 0.25) is 5.91 Å². The highest BCUT2D eigenvalue weighted by atomic mass is 16.6. The van der Waals surface area contributed by atoms with Crippen molar-refractivity contribution in [3.05, 3.63) is 12.7 Å². The number of rotatable bonds is 2. The maximum atomic E-state index is 12.5. The van der Waals surface area contributed by atoms with Crippen molar-refractivity contribution in [2.24, 2.45) is 11.8 Å². The van der Waals surface area contributed by atoms with Gasteiger partial charge in [0.15, 0.2) is 0 Å². The fraction of sp³-hybridized carbons (Fsp3) is 0.750. The van der Waals surface area contributed by atoms with Crippen LogP contribution in [-0.2, 0) is 9.53 Å². The molecule has 1 saturated heterocycles. The van der Waals surface area contributed by atoms with Crippen LogP contribution in [0.15, 0.2) is 12.7 Å². The molecule has 0 aromatic heterocycles. The van der Waals surface area contributed by atoms with E-state index in [9.17, 15) is 9.59 Å². The third-order valence-corrected chi connectivity index (χ3v) is 4.55. The lowest BCUT2D eigenvalue weighted by Gasteiger charge is -2.37. The minimum absolute atomic E-state index is 0.0919. The Morgan fingerprint density at radius 1 is 1.55 bits per heavy atom. The summed E-state index contributed by atoms with van der Waals surface area (Å²) in [5.74, 6) is 0.0382. The molecule has 1 unspecified atom stereocenters. The zero-order valence-electron chi connectivity index (χ0n) is 12.9. The molecule has 1 aliphatic carbocycles. The third-order valence-electron chi connectivity index (χ3n) is 4.55. The lowest BCUT2D eigenvalue weighted by atomic mass is 9.81. The van der Waals surface area contributed by atoms with E-state index in [4.69, 9.17) is 4.74 Å². The van der Waals surface area contributed by atoms with Crippen molar-refractivity contribution >= 4 is 12.0 Å². The monoisotopic (exact) mass is 279 g/mol. The van der Waals surface area contributed by atoms with Crippen molar-refractivity contribution in [1.29, 1.82) is 0 Å². The number of hydrogen-bond donors (Lipinski definition) is 0. The van der Waals surface area contributed by atoms with Crippen LogP contribution in [0.2, 0.25) is 0 Å². The van der Waals surface area contributed by atoms with E-state index in [0.717, 1.165) is 19.3 Å². The van der Waals surface area contributed by atoms with Crippen LogP contribution in [0.25, 0.3) is 0 Å². The van der Waals surface area contributed by atoms with Crippen LogP contribution in [0.4, 0.5) is 4.79 Å². The number of fused-ring (bicyclic) bond motifs is 1.